The zero-order valence-electron chi connectivity index (χ0n) is 33.2. The molecule has 0 saturated heterocycles. The summed E-state index contributed by atoms with van der Waals surface area (Å²) in [7, 11) is -3.94. The molecule has 7 atom stereocenters. The van der Waals surface area contributed by atoms with Crippen LogP contribution < -0.4 is 0 Å². The molecule has 0 spiro atoms. The van der Waals surface area contributed by atoms with Crippen LogP contribution in [0.3, 0.4) is 0 Å². The van der Waals surface area contributed by atoms with Gasteiger partial charge in [-0.15, -0.1) is 5.92 Å². The third-order valence-electron chi connectivity index (χ3n) is 14.5. The van der Waals surface area contributed by atoms with Crippen LogP contribution in [0.5, 0.6) is 0 Å². The predicted octanol–water partition coefficient (Wildman–Crippen LogP) is 11.8. The van der Waals surface area contributed by atoms with Crippen molar-refractivity contribution in [3.63, 3.8) is 0 Å². The Morgan fingerprint density at radius 3 is 2.11 bits per heavy atom. The van der Waals surface area contributed by atoms with E-state index < -0.39 is 22.2 Å². The number of hydrogen-bond acceptors (Lipinski definition) is 3. The molecule has 0 amide bonds. The van der Waals surface area contributed by atoms with Gasteiger partial charge in [0.25, 0.3) is 0 Å². The fraction of sp³-hybridized carbons (Fsp3) is 0.810. The molecule has 47 heavy (non-hydrogen) atoms. The number of fused-ring (bicyclic) bond motifs is 5. The zero-order valence-corrected chi connectivity index (χ0v) is 35.2. The van der Waals surface area contributed by atoms with E-state index >= 15 is 0 Å². The second-order valence-corrected chi connectivity index (χ2v) is 28.9. The summed E-state index contributed by atoms with van der Waals surface area (Å²) in [6.45, 7) is 35.6. The van der Waals surface area contributed by atoms with Gasteiger partial charge in [-0.05, 0) is 111 Å². The van der Waals surface area contributed by atoms with Gasteiger partial charge in [0.15, 0.2) is 16.6 Å². The summed E-state index contributed by atoms with van der Waals surface area (Å²) in [5, 5.41) is 11.0. The third-order valence-corrected chi connectivity index (χ3v) is 23.5. The van der Waals surface area contributed by atoms with E-state index in [-0.39, 0.29) is 33.1 Å². The minimum Gasteiger partial charge on any atom is -0.414 e. The van der Waals surface area contributed by atoms with Gasteiger partial charge in [-0.2, -0.15) is 0 Å². The Morgan fingerprint density at radius 1 is 0.936 bits per heavy atom. The van der Waals surface area contributed by atoms with Gasteiger partial charge >= 0.3 is 0 Å². The molecule has 0 aromatic heterocycles. The van der Waals surface area contributed by atoms with Crippen molar-refractivity contribution in [2.24, 2.45) is 28.6 Å². The summed E-state index contributed by atoms with van der Waals surface area (Å²) in [6, 6.07) is 0. The fourth-order valence-corrected chi connectivity index (χ4v) is 11.6. The van der Waals surface area contributed by atoms with Crippen LogP contribution in [-0.2, 0) is 8.85 Å². The molecule has 0 aromatic rings. The van der Waals surface area contributed by atoms with Gasteiger partial charge in [0.1, 0.15) is 5.60 Å². The Bertz CT molecular complexity index is 1310. The van der Waals surface area contributed by atoms with Crippen LogP contribution in [0, 0.1) is 40.4 Å². The quantitative estimate of drug-likeness (QED) is 0.150. The number of hydrogen-bond donors (Lipinski definition) is 1. The Morgan fingerprint density at radius 2 is 1.53 bits per heavy atom. The van der Waals surface area contributed by atoms with Gasteiger partial charge in [0, 0.05) is 11.8 Å². The van der Waals surface area contributed by atoms with Crippen molar-refractivity contribution >= 4 is 16.6 Å². The van der Waals surface area contributed by atoms with Crippen LogP contribution >= 0.6 is 0 Å². The molecular formula is C42H72O3Si2. The molecule has 0 aliphatic heterocycles. The van der Waals surface area contributed by atoms with E-state index in [9.17, 15) is 5.11 Å². The molecule has 0 heterocycles. The normalized spacial score (nSPS) is 32.2. The maximum Gasteiger partial charge on any atom is 0.192 e. The fourth-order valence-electron chi connectivity index (χ4n) is 8.87. The molecule has 1 N–H and O–H groups in total. The smallest absolute Gasteiger partial charge is 0.192 e. The molecule has 266 valence electrons. The van der Waals surface area contributed by atoms with Crippen molar-refractivity contribution in [2.75, 3.05) is 0 Å². The van der Waals surface area contributed by atoms with Crippen LogP contribution in [0.15, 0.2) is 34.9 Å². The van der Waals surface area contributed by atoms with Gasteiger partial charge in [0.05, 0.1) is 12.2 Å². The summed E-state index contributed by atoms with van der Waals surface area (Å²) in [5.74, 6) is 8.13. The van der Waals surface area contributed by atoms with Crippen molar-refractivity contribution in [3.8, 4) is 11.8 Å². The highest BCUT2D eigenvalue weighted by atomic mass is 28.4. The van der Waals surface area contributed by atoms with Crippen LogP contribution in [0.1, 0.15) is 134 Å². The van der Waals surface area contributed by atoms with E-state index in [0.29, 0.717) is 30.6 Å². The topological polar surface area (TPSA) is 38.7 Å². The van der Waals surface area contributed by atoms with Crippen LogP contribution in [0.2, 0.25) is 36.3 Å². The molecule has 3 nitrogen and oxygen atoms in total. The van der Waals surface area contributed by atoms with E-state index in [0.717, 1.165) is 32.1 Å². The summed E-state index contributed by atoms with van der Waals surface area (Å²) >= 11 is 0. The van der Waals surface area contributed by atoms with Crippen LogP contribution in [0.25, 0.3) is 0 Å². The number of allylic oxidation sites excluding steroid dienone is 5. The second-order valence-electron chi connectivity index (χ2n) is 19.4. The highest BCUT2D eigenvalue weighted by Crippen LogP contribution is 2.65. The summed E-state index contributed by atoms with van der Waals surface area (Å²) in [5.41, 5.74) is 4.31. The van der Waals surface area contributed by atoms with E-state index in [1.807, 2.05) is 13.8 Å². The largest absolute Gasteiger partial charge is 0.414 e. The van der Waals surface area contributed by atoms with Crippen LogP contribution in [-0.4, -0.2) is 39.6 Å². The van der Waals surface area contributed by atoms with E-state index in [1.165, 1.54) is 12.8 Å². The van der Waals surface area contributed by atoms with Gasteiger partial charge < -0.3 is 14.0 Å². The molecule has 4 aliphatic carbocycles. The zero-order chi connectivity index (χ0) is 35.4. The summed E-state index contributed by atoms with van der Waals surface area (Å²) in [6.07, 6.45) is 17.0. The van der Waals surface area contributed by atoms with Crippen molar-refractivity contribution in [1.29, 1.82) is 0 Å². The average Bonchev–Trinajstić information content (AvgIpc) is 3.31. The molecule has 4 rings (SSSR count). The van der Waals surface area contributed by atoms with Gasteiger partial charge in [-0.1, -0.05) is 117 Å². The molecule has 0 bridgehead atoms. The Kier molecular flexibility index (Phi) is 11.0. The molecule has 0 aromatic carbocycles. The second kappa shape index (κ2) is 13.3. The SMILES string of the molecule is CCC(O)(C#CCC[C@H](C)C1=CC[C@H]2C3=CC=C4C[C@@H](O[Si](C)(C)C(C)(C)C)C[C@H](O[Si](C)(C)C(C)(C)C)[C@]4(C)[C@H]3CC[C@]12C)CC. The van der Waals surface area contributed by atoms with Gasteiger partial charge in [-0.3, -0.25) is 0 Å². The molecule has 0 radical (unpaired) electrons. The third kappa shape index (κ3) is 7.30. The Hall–Kier alpha value is -0.906. The molecule has 4 aliphatic rings. The standard InChI is InChI=1S/C42H72O3Si2/c1-16-42(43,17-2)26-19-18-20-30(3)34-23-24-35-33-22-21-31-28-32(44-46(12,13)38(4,5)6)29-37(45-47(14,15)39(7,8)9)41(31,11)36(33)25-27-40(34,35)10/h21-23,30,32,35-37,43H,16-18,20,24-25,27-29H2,1-15H3/t30-,32+,35-,36-,37-,40+,41-/m0/s1. The lowest BCUT2D eigenvalue weighted by Crippen LogP contribution is -2.58. The lowest BCUT2D eigenvalue weighted by atomic mass is 9.49. The number of rotatable bonds is 9. The highest BCUT2D eigenvalue weighted by Gasteiger charge is 2.59. The summed E-state index contributed by atoms with van der Waals surface area (Å²) in [4.78, 5) is 0. The van der Waals surface area contributed by atoms with Crippen molar-refractivity contribution in [3.05, 3.63) is 34.9 Å². The first kappa shape index (κ1) is 38.9. The maximum atomic E-state index is 10.6. The molecule has 2 fully saturated rings. The van der Waals surface area contributed by atoms with E-state index in [1.54, 1.807) is 16.7 Å². The lowest BCUT2D eigenvalue weighted by molar-refractivity contribution is -0.0389. The molecule has 0 unspecified atom stereocenters. The van der Waals surface area contributed by atoms with E-state index in [4.69, 9.17) is 8.85 Å². The number of aliphatic hydroxyl groups is 1. The van der Waals surface area contributed by atoms with Gasteiger partial charge in [-0.25, -0.2) is 0 Å². The monoisotopic (exact) mass is 681 g/mol. The minimum atomic E-state index is -2.03. The average molecular weight is 681 g/mol. The molecule has 2 saturated carbocycles. The van der Waals surface area contributed by atoms with Crippen molar-refractivity contribution < 1.29 is 14.0 Å². The van der Waals surface area contributed by atoms with Crippen LogP contribution in [0.4, 0.5) is 0 Å². The first-order valence-corrected chi connectivity index (χ1v) is 25.0. The Labute approximate surface area is 293 Å². The molecular weight excluding hydrogens is 609 g/mol. The van der Waals surface area contributed by atoms with E-state index in [2.05, 4.69) is 119 Å². The predicted molar refractivity (Wildman–Crippen MR) is 206 cm³/mol. The lowest BCUT2D eigenvalue weighted by Gasteiger charge is -2.59. The van der Waals surface area contributed by atoms with Crippen molar-refractivity contribution in [2.45, 2.75) is 188 Å². The minimum absolute atomic E-state index is 0.00747. The first-order chi connectivity index (χ1) is 21.5. The Balaban J connectivity index is 1.62. The van der Waals surface area contributed by atoms with Crippen molar-refractivity contribution in [1.82, 2.24) is 0 Å². The maximum absolute atomic E-state index is 10.6. The highest BCUT2D eigenvalue weighted by molar-refractivity contribution is 6.74. The molecule has 5 heteroatoms. The summed E-state index contributed by atoms with van der Waals surface area (Å²) < 4.78 is 14.7. The van der Waals surface area contributed by atoms with Gasteiger partial charge in [0.2, 0.25) is 0 Å². The first-order valence-electron chi connectivity index (χ1n) is 19.2.